The Labute approximate surface area is 119 Å². The second-order valence-corrected chi connectivity index (χ2v) is 4.25. The normalized spacial score (nSPS) is 13.1. The number of aliphatic hydroxyl groups is 1. The number of aromatic nitrogens is 2. The van der Waals surface area contributed by atoms with Crippen molar-refractivity contribution in [1.29, 1.82) is 0 Å². The van der Waals surface area contributed by atoms with Gasteiger partial charge in [0.2, 0.25) is 0 Å². The van der Waals surface area contributed by atoms with E-state index in [1.54, 1.807) is 42.3 Å². The number of nitrogens with zero attached hydrogens (tertiary/aromatic N) is 2. The van der Waals surface area contributed by atoms with Crippen LogP contribution in [0.4, 0.5) is 4.39 Å². The van der Waals surface area contributed by atoms with E-state index in [0.717, 1.165) is 0 Å². The van der Waals surface area contributed by atoms with Gasteiger partial charge >= 0.3 is 0 Å². The Bertz CT molecular complexity index is 565. The van der Waals surface area contributed by atoms with Crippen molar-refractivity contribution in [3.8, 4) is 0 Å². The van der Waals surface area contributed by atoms with E-state index in [2.05, 4.69) is 11.6 Å². The smallest absolute Gasteiger partial charge is 0.134 e. The number of hydrogen-bond donors (Lipinski definition) is 1. The first-order chi connectivity index (χ1) is 9.58. The predicted molar refractivity (Wildman–Crippen MR) is 78.8 cm³/mol. The van der Waals surface area contributed by atoms with Gasteiger partial charge in [-0.25, -0.2) is 9.37 Å². The number of rotatable bonds is 4. The average molecular weight is 276 g/mol. The lowest BCUT2D eigenvalue weighted by molar-refractivity contribution is 0.0760. The van der Waals surface area contributed by atoms with Gasteiger partial charge in [0.05, 0.1) is 18.2 Å². The molecule has 0 spiro atoms. The first-order valence-electron chi connectivity index (χ1n) is 6.64. The molecular weight excluding hydrogens is 255 g/mol. The van der Waals surface area contributed by atoms with E-state index < -0.39 is 5.60 Å². The molecule has 1 heterocycles. The molecule has 3 nitrogen and oxygen atoms in total. The fourth-order valence-electron chi connectivity index (χ4n) is 2.08. The Morgan fingerprint density at radius 2 is 2.15 bits per heavy atom. The quantitative estimate of drug-likeness (QED) is 0.869. The second kappa shape index (κ2) is 7.01. The van der Waals surface area contributed by atoms with E-state index in [0.29, 0.717) is 11.3 Å². The van der Waals surface area contributed by atoms with Gasteiger partial charge in [-0.15, -0.1) is 6.58 Å². The number of aryl methyl sites for hydroxylation is 1. The highest BCUT2D eigenvalue weighted by atomic mass is 19.1. The van der Waals surface area contributed by atoms with Crippen molar-refractivity contribution in [3.63, 3.8) is 0 Å². The van der Waals surface area contributed by atoms with E-state index in [4.69, 9.17) is 0 Å². The summed E-state index contributed by atoms with van der Waals surface area (Å²) in [5.41, 5.74) is -0.214. The zero-order valence-corrected chi connectivity index (χ0v) is 12.2. The van der Waals surface area contributed by atoms with Gasteiger partial charge in [-0.3, -0.25) is 0 Å². The standard InChI is InChI=1S/C14H15FN2O.C2H6/c1-3-7-14(18,13-9-16-10-17(13)2)11-5-4-6-12(15)8-11;1-2/h3-6,8-10,18H,1,7H2,2H3;1-2H3. The Kier molecular flexibility index (Phi) is 5.65. The van der Waals surface area contributed by atoms with Gasteiger partial charge in [-0.1, -0.05) is 32.1 Å². The van der Waals surface area contributed by atoms with E-state index in [1.807, 2.05) is 13.8 Å². The van der Waals surface area contributed by atoms with Crippen LogP contribution in [0, 0.1) is 5.82 Å². The third-order valence-electron chi connectivity index (χ3n) is 2.98. The Morgan fingerprint density at radius 1 is 1.45 bits per heavy atom. The van der Waals surface area contributed by atoms with Crippen molar-refractivity contribution in [2.75, 3.05) is 0 Å². The molecule has 0 bridgehead atoms. The van der Waals surface area contributed by atoms with Crippen LogP contribution in [-0.4, -0.2) is 14.7 Å². The van der Waals surface area contributed by atoms with Crippen LogP contribution in [0.25, 0.3) is 0 Å². The molecule has 0 aliphatic rings. The van der Waals surface area contributed by atoms with Crippen LogP contribution in [0.1, 0.15) is 31.5 Å². The van der Waals surface area contributed by atoms with Crippen LogP contribution in [-0.2, 0) is 12.6 Å². The van der Waals surface area contributed by atoms with Crippen LogP contribution >= 0.6 is 0 Å². The van der Waals surface area contributed by atoms with Crippen molar-refractivity contribution < 1.29 is 9.50 Å². The van der Waals surface area contributed by atoms with E-state index in [9.17, 15) is 9.50 Å². The topological polar surface area (TPSA) is 38.1 Å². The number of hydrogen-bond acceptors (Lipinski definition) is 2. The third-order valence-corrected chi connectivity index (χ3v) is 2.98. The molecule has 2 rings (SSSR count). The van der Waals surface area contributed by atoms with Crippen LogP contribution in [0.5, 0.6) is 0 Å². The summed E-state index contributed by atoms with van der Waals surface area (Å²) >= 11 is 0. The fourth-order valence-corrected chi connectivity index (χ4v) is 2.08. The summed E-state index contributed by atoms with van der Waals surface area (Å²) in [6.45, 7) is 7.65. The van der Waals surface area contributed by atoms with Gasteiger partial charge in [0.25, 0.3) is 0 Å². The summed E-state index contributed by atoms with van der Waals surface area (Å²) in [7, 11) is 1.79. The molecule has 0 aliphatic carbocycles. The number of imidazole rings is 1. The lowest BCUT2D eigenvalue weighted by Crippen LogP contribution is -2.29. The highest BCUT2D eigenvalue weighted by Gasteiger charge is 2.33. The molecule has 1 unspecified atom stereocenters. The largest absolute Gasteiger partial charge is 0.378 e. The first kappa shape index (κ1) is 16.1. The Hall–Kier alpha value is -1.94. The van der Waals surface area contributed by atoms with Crippen LogP contribution < -0.4 is 0 Å². The Balaban J connectivity index is 0.000000956. The molecule has 1 aromatic heterocycles. The lowest BCUT2D eigenvalue weighted by Gasteiger charge is -2.27. The molecule has 0 fully saturated rings. The monoisotopic (exact) mass is 276 g/mol. The molecule has 108 valence electrons. The summed E-state index contributed by atoms with van der Waals surface area (Å²) < 4.78 is 15.0. The van der Waals surface area contributed by atoms with E-state index >= 15 is 0 Å². The third kappa shape index (κ3) is 3.14. The lowest BCUT2D eigenvalue weighted by atomic mass is 9.87. The molecule has 0 radical (unpaired) electrons. The van der Waals surface area contributed by atoms with E-state index in [1.165, 1.54) is 12.1 Å². The minimum absolute atomic E-state index is 0.288. The zero-order valence-electron chi connectivity index (χ0n) is 12.2. The second-order valence-electron chi connectivity index (χ2n) is 4.25. The predicted octanol–water partition coefficient (Wildman–Crippen LogP) is 3.40. The van der Waals surface area contributed by atoms with Gasteiger partial charge in [0, 0.05) is 13.5 Å². The maximum Gasteiger partial charge on any atom is 0.134 e. The minimum Gasteiger partial charge on any atom is -0.378 e. The molecule has 0 amide bonds. The van der Waals surface area contributed by atoms with Crippen molar-refractivity contribution in [2.24, 2.45) is 7.05 Å². The molecule has 0 aliphatic heterocycles. The molecule has 1 N–H and O–H groups in total. The van der Waals surface area contributed by atoms with Gasteiger partial charge in [0.15, 0.2) is 0 Å². The maximum absolute atomic E-state index is 13.3. The van der Waals surface area contributed by atoms with Crippen LogP contribution in [0.15, 0.2) is 49.4 Å². The number of halogens is 1. The van der Waals surface area contributed by atoms with Crippen molar-refractivity contribution in [3.05, 3.63) is 66.5 Å². The average Bonchev–Trinajstić information content (AvgIpc) is 2.88. The van der Waals surface area contributed by atoms with E-state index in [-0.39, 0.29) is 12.2 Å². The summed E-state index contributed by atoms with van der Waals surface area (Å²) in [4.78, 5) is 3.99. The highest BCUT2D eigenvalue weighted by molar-refractivity contribution is 5.33. The minimum atomic E-state index is -1.31. The van der Waals surface area contributed by atoms with Gasteiger partial charge in [-0.05, 0) is 17.7 Å². The highest BCUT2D eigenvalue weighted by Crippen LogP contribution is 2.33. The van der Waals surface area contributed by atoms with Crippen LogP contribution in [0.3, 0.4) is 0 Å². The number of benzene rings is 1. The summed E-state index contributed by atoms with van der Waals surface area (Å²) in [6, 6.07) is 5.95. The van der Waals surface area contributed by atoms with Gasteiger partial charge < -0.3 is 9.67 Å². The molecule has 4 heteroatoms. The zero-order chi connectivity index (χ0) is 15.2. The molecular formula is C16H21FN2O. The summed E-state index contributed by atoms with van der Waals surface area (Å²) in [5.74, 6) is -0.378. The van der Waals surface area contributed by atoms with Crippen molar-refractivity contribution in [2.45, 2.75) is 25.9 Å². The van der Waals surface area contributed by atoms with Crippen LogP contribution in [0.2, 0.25) is 0 Å². The van der Waals surface area contributed by atoms with Gasteiger partial charge in [-0.2, -0.15) is 0 Å². The SMILES string of the molecule is C=CCC(O)(c1cccc(F)c1)c1cncn1C.CC. The van der Waals surface area contributed by atoms with Crippen molar-refractivity contribution >= 4 is 0 Å². The summed E-state index contributed by atoms with van der Waals surface area (Å²) in [6.07, 6.45) is 5.07. The summed E-state index contributed by atoms with van der Waals surface area (Å²) in [5, 5.41) is 10.8. The molecule has 1 atom stereocenters. The molecule has 2 aromatic rings. The Morgan fingerprint density at radius 3 is 2.65 bits per heavy atom. The van der Waals surface area contributed by atoms with Crippen molar-refractivity contribution in [1.82, 2.24) is 9.55 Å². The van der Waals surface area contributed by atoms with Gasteiger partial charge in [0.1, 0.15) is 11.4 Å². The molecule has 0 saturated heterocycles. The fraction of sp³-hybridized carbons (Fsp3) is 0.312. The molecule has 0 saturated carbocycles. The maximum atomic E-state index is 13.3. The molecule has 1 aromatic carbocycles. The molecule has 20 heavy (non-hydrogen) atoms. The first-order valence-corrected chi connectivity index (χ1v) is 6.64.